The first kappa shape index (κ1) is 18.5. The molecule has 0 saturated carbocycles. The molecule has 1 aliphatic rings. The summed E-state index contributed by atoms with van der Waals surface area (Å²) in [4.78, 5) is 26.2. The average molecular weight is 326 g/mol. The van der Waals surface area contributed by atoms with Crippen LogP contribution in [-0.4, -0.2) is 36.3 Å². The molecule has 1 aliphatic heterocycles. The number of nitrogens with one attached hydrogen (secondary N) is 1. The number of carbonyl (C=O) groups is 2. The van der Waals surface area contributed by atoms with Crippen molar-refractivity contribution in [2.45, 2.75) is 19.8 Å². The largest absolute Gasteiger partial charge is 0.342 e. The van der Waals surface area contributed by atoms with E-state index in [9.17, 15) is 9.59 Å². The Hall–Kier alpha value is -1.59. The second-order valence-electron chi connectivity index (χ2n) is 5.62. The van der Waals surface area contributed by atoms with E-state index in [0.717, 1.165) is 25.1 Å². The van der Waals surface area contributed by atoms with Crippen molar-refractivity contribution < 1.29 is 9.59 Å². The predicted molar refractivity (Wildman–Crippen MR) is 89.8 cm³/mol. The molecule has 6 heteroatoms. The topological polar surface area (TPSA) is 75.4 Å². The van der Waals surface area contributed by atoms with Gasteiger partial charge in [0.15, 0.2) is 0 Å². The Morgan fingerprint density at radius 2 is 2.05 bits per heavy atom. The lowest BCUT2D eigenvalue weighted by atomic mass is 9.95. The molecular formula is C16H24ClN3O2. The summed E-state index contributed by atoms with van der Waals surface area (Å²) in [6.45, 7) is 3.38. The Bertz CT molecular complexity index is 495. The standard InChI is InChI=1S/C16H23N3O2.ClH/c1-12(10-17)16(21)19-9-5-6-13(11-19)15(20)18-14-7-3-2-4-8-14;/h2-4,7-8,12-13H,5-6,9-11,17H2,1H3,(H,18,20);1H. The highest BCUT2D eigenvalue weighted by atomic mass is 35.5. The summed E-state index contributed by atoms with van der Waals surface area (Å²) in [5, 5.41) is 2.91. The van der Waals surface area contributed by atoms with Gasteiger partial charge in [-0.05, 0) is 25.0 Å². The molecule has 1 fully saturated rings. The molecule has 5 nitrogen and oxygen atoms in total. The highest BCUT2D eigenvalue weighted by molar-refractivity contribution is 5.93. The quantitative estimate of drug-likeness (QED) is 0.887. The van der Waals surface area contributed by atoms with Crippen LogP contribution in [0.2, 0.25) is 0 Å². The van der Waals surface area contributed by atoms with Gasteiger partial charge in [0.1, 0.15) is 0 Å². The number of nitrogens with zero attached hydrogens (tertiary/aromatic N) is 1. The maximum atomic E-state index is 12.3. The maximum absolute atomic E-state index is 12.3. The molecule has 0 aromatic heterocycles. The van der Waals surface area contributed by atoms with Gasteiger partial charge in [0.25, 0.3) is 0 Å². The third kappa shape index (κ3) is 4.71. The molecule has 2 atom stereocenters. The van der Waals surface area contributed by atoms with Gasteiger partial charge < -0.3 is 16.0 Å². The summed E-state index contributed by atoms with van der Waals surface area (Å²) in [6.07, 6.45) is 1.68. The molecule has 0 bridgehead atoms. The van der Waals surface area contributed by atoms with Crippen molar-refractivity contribution in [3.8, 4) is 0 Å². The van der Waals surface area contributed by atoms with Crippen molar-refractivity contribution >= 4 is 29.9 Å². The number of halogens is 1. The van der Waals surface area contributed by atoms with Gasteiger partial charge in [-0.15, -0.1) is 12.4 Å². The lowest BCUT2D eigenvalue weighted by molar-refractivity contribution is -0.137. The van der Waals surface area contributed by atoms with E-state index in [-0.39, 0.29) is 36.1 Å². The first-order chi connectivity index (χ1) is 10.1. The molecule has 0 radical (unpaired) electrons. The van der Waals surface area contributed by atoms with Crippen molar-refractivity contribution in [3.63, 3.8) is 0 Å². The van der Waals surface area contributed by atoms with Crippen LogP contribution in [0.1, 0.15) is 19.8 Å². The molecule has 0 spiro atoms. The van der Waals surface area contributed by atoms with Crippen LogP contribution in [0.25, 0.3) is 0 Å². The fraction of sp³-hybridized carbons (Fsp3) is 0.500. The van der Waals surface area contributed by atoms with E-state index in [1.807, 2.05) is 37.3 Å². The Balaban J connectivity index is 0.00000242. The fourth-order valence-corrected chi connectivity index (χ4v) is 2.57. The van der Waals surface area contributed by atoms with Crippen LogP contribution in [0.15, 0.2) is 30.3 Å². The van der Waals surface area contributed by atoms with Crippen molar-refractivity contribution in [2.24, 2.45) is 17.6 Å². The minimum absolute atomic E-state index is 0. The van der Waals surface area contributed by atoms with Gasteiger partial charge in [0, 0.05) is 31.2 Å². The predicted octanol–water partition coefficient (Wildman–Crippen LogP) is 1.88. The summed E-state index contributed by atoms with van der Waals surface area (Å²) < 4.78 is 0. The van der Waals surface area contributed by atoms with Crippen LogP contribution < -0.4 is 11.1 Å². The number of anilines is 1. The molecule has 1 aromatic rings. The van der Waals surface area contributed by atoms with E-state index in [0.29, 0.717) is 13.1 Å². The van der Waals surface area contributed by atoms with E-state index in [1.165, 1.54) is 0 Å². The third-order valence-electron chi connectivity index (χ3n) is 3.92. The van der Waals surface area contributed by atoms with Gasteiger partial charge in [-0.1, -0.05) is 25.1 Å². The van der Waals surface area contributed by atoms with Crippen molar-refractivity contribution in [3.05, 3.63) is 30.3 Å². The highest BCUT2D eigenvalue weighted by Gasteiger charge is 2.29. The SMILES string of the molecule is CC(CN)C(=O)N1CCCC(C(=O)Nc2ccccc2)C1.Cl. The number of hydrogen-bond acceptors (Lipinski definition) is 3. The summed E-state index contributed by atoms with van der Waals surface area (Å²) in [5.41, 5.74) is 6.34. The lowest BCUT2D eigenvalue weighted by Crippen LogP contribution is -2.46. The first-order valence-corrected chi connectivity index (χ1v) is 7.46. The van der Waals surface area contributed by atoms with E-state index in [1.54, 1.807) is 4.90 Å². The average Bonchev–Trinajstić information content (AvgIpc) is 2.54. The number of hydrogen-bond donors (Lipinski definition) is 2. The molecule has 0 aliphatic carbocycles. The third-order valence-corrected chi connectivity index (χ3v) is 3.92. The minimum atomic E-state index is -0.180. The molecule has 22 heavy (non-hydrogen) atoms. The number of nitrogens with two attached hydrogens (primary N) is 1. The van der Waals surface area contributed by atoms with E-state index in [2.05, 4.69) is 5.32 Å². The second kappa shape index (κ2) is 8.76. The Morgan fingerprint density at radius 1 is 1.36 bits per heavy atom. The van der Waals surface area contributed by atoms with Crippen LogP contribution in [0.3, 0.4) is 0 Å². The van der Waals surface area contributed by atoms with Gasteiger partial charge >= 0.3 is 0 Å². The van der Waals surface area contributed by atoms with E-state index < -0.39 is 0 Å². The molecule has 1 heterocycles. The molecule has 2 unspecified atom stereocenters. The molecule has 2 rings (SSSR count). The molecule has 122 valence electrons. The van der Waals surface area contributed by atoms with Gasteiger partial charge in [-0.25, -0.2) is 0 Å². The summed E-state index contributed by atoms with van der Waals surface area (Å²) in [5.74, 6) is -0.289. The number of piperidine rings is 1. The molecule has 1 aromatic carbocycles. The van der Waals surface area contributed by atoms with Gasteiger partial charge in [-0.3, -0.25) is 9.59 Å². The number of carbonyl (C=O) groups excluding carboxylic acids is 2. The highest BCUT2D eigenvalue weighted by Crippen LogP contribution is 2.20. The number of benzene rings is 1. The Kier molecular flexibility index (Phi) is 7.35. The molecule has 3 N–H and O–H groups in total. The first-order valence-electron chi connectivity index (χ1n) is 7.46. The van der Waals surface area contributed by atoms with Crippen LogP contribution in [0.4, 0.5) is 5.69 Å². The minimum Gasteiger partial charge on any atom is -0.342 e. The van der Waals surface area contributed by atoms with Crippen molar-refractivity contribution in [1.82, 2.24) is 4.90 Å². The zero-order valence-electron chi connectivity index (χ0n) is 12.8. The Morgan fingerprint density at radius 3 is 2.68 bits per heavy atom. The van der Waals surface area contributed by atoms with Crippen LogP contribution >= 0.6 is 12.4 Å². The zero-order valence-corrected chi connectivity index (χ0v) is 13.6. The van der Waals surface area contributed by atoms with Crippen LogP contribution in [0.5, 0.6) is 0 Å². The summed E-state index contributed by atoms with van der Waals surface area (Å²) in [6, 6.07) is 9.40. The van der Waals surface area contributed by atoms with Crippen LogP contribution in [0, 0.1) is 11.8 Å². The second-order valence-corrected chi connectivity index (χ2v) is 5.62. The van der Waals surface area contributed by atoms with Crippen molar-refractivity contribution in [2.75, 3.05) is 25.0 Å². The molecule has 1 saturated heterocycles. The van der Waals surface area contributed by atoms with Gasteiger partial charge in [0.05, 0.1) is 5.92 Å². The molecular weight excluding hydrogens is 302 g/mol. The number of likely N-dealkylation sites (tertiary alicyclic amines) is 1. The summed E-state index contributed by atoms with van der Waals surface area (Å²) in [7, 11) is 0. The Labute approximate surface area is 137 Å². The number of rotatable bonds is 4. The zero-order chi connectivity index (χ0) is 15.2. The number of para-hydroxylation sites is 1. The lowest BCUT2D eigenvalue weighted by Gasteiger charge is -2.33. The monoisotopic (exact) mass is 325 g/mol. The smallest absolute Gasteiger partial charge is 0.229 e. The van der Waals surface area contributed by atoms with E-state index in [4.69, 9.17) is 5.73 Å². The normalized spacial score (nSPS) is 19.0. The maximum Gasteiger partial charge on any atom is 0.229 e. The number of amides is 2. The van der Waals surface area contributed by atoms with E-state index >= 15 is 0 Å². The van der Waals surface area contributed by atoms with Crippen LogP contribution in [-0.2, 0) is 9.59 Å². The van der Waals surface area contributed by atoms with Gasteiger partial charge in [-0.2, -0.15) is 0 Å². The summed E-state index contributed by atoms with van der Waals surface area (Å²) >= 11 is 0. The fourth-order valence-electron chi connectivity index (χ4n) is 2.57. The van der Waals surface area contributed by atoms with Crippen molar-refractivity contribution in [1.29, 1.82) is 0 Å². The van der Waals surface area contributed by atoms with Gasteiger partial charge in [0.2, 0.25) is 11.8 Å². The molecule has 2 amide bonds.